The van der Waals surface area contributed by atoms with E-state index in [1.165, 1.54) is 25.2 Å². The van der Waals surface area contributed by atoms with Gasteiger partial charge in [0.1, 0.15) is 22.3 Å². The highest BCUT2D eigenvalue weighted by Crippen LogP contribution is 2.43. The van der Waals surface area contributed by atoms with E-state index in [1.807, 2.05) is 29.7 Å². The summed E-state index contributed by atoms with van der Waals surface area (Å²) in [7, 11) is 0. The largest absolute Gasteiger partial charge is 0.478 e. The van der Waals surface area contributed by atoms with Crippen molar-refractivity contribution in [1.29, 1.82) is 0 Å². The summed E-state index contributed by atoms with van der Waals surface area (Å²) in [6.07, 6.45) is 3.36. The van der Waals surface area contributed by atoms with Crippen molar-refractivity contribution in [3.8, 4) is 17.2 Å². The molecule has 6 nitrogen and oxygen atoms in total. The van der Waals surface area contributed by atoms with Crippen LogP contribution in [-0.2, 0) is 9.59 Å². The summed E-state index contributed by atoms with van der Waals surface area (Å²) in [6, 6.07) is 12.5. The number of hydrogen-bond donors (Lipinski definition) is 0. The molecule has 3 aromatic rings. The highest BCUT2D eigenvalue weighted by atomic mass is 32.1. The van der Waals surface area contributed by atoms with Crippen molar-refractivity contribution in [3.63, 3.8) is 0 Å². The fourth-order valence-electron chi connectivity index (χ4n) is 3.06. The molecule has 0 saturated heterocycles. The van der Waals surface area contributed by atoms with Gasteiger partial charge < -0.3 is 14.2 Å². The molecule has 2 aromatic carbocycles. The van der Waals surface area contributed by atoms with Crippen LogP contribution in [0.2, 0.25) is 0 Å². The van der Waals surface area contributed by atoms with E-state index >= 15 is 0 Å². The van der Waals surface area contributed by atoms with Gasteiger partial charge in [0.2, 0.25) is 0 Å². The maximum Gasteiger partial charge on any atom is 0.308 e. The Balaban J connectivity index is 1.74. The lowest BCUT2D eigenvalue weighted by Crippen LogP contribution is -2.14. The van der Waals surface area contributed by atoms with E-state index in [1.54, 1.807) is 30.5 Å². The zero-order valence-corrected chi connectivity index (χ0v) is 16.6. The van der Waals surface area contributed by atoms with Crippen LogP contribution >= 0.6 is 11.3 Å². The van der Waals surface area contributed by atoms with Crippen LogP contribution in [0.3, 0.4) is 0 Å². The molecule has 1 atom stereocenters. The molecule has 0 amide bonds. The van der Waals surface area contributed by atoms with Gasteiger partial charge in [-0.25, -0.2) is 4.98 Å². The first kappa shape index (κ1) is 18.9. The molecule has 4 rings (SSSR count). The molecule has 0 bridgehead atoms. The molecule has 146 valence electrons. The maximum atomic E-state index is 11.2. The van der Waals surface area contributed by atoms with Crippen LogP contribution in [-0.4, -0.2) is 16.9 Å². The Morgan fingerprint density at radius 3 is 2.34 bits per heavy atom. The fourth-order valence-corrected chi connectivity index (χ4v) is 3.74. The van der Waals surface area contributed by atoms with Crippen LogP contribution in [0.1, 0.15) is 36.1 Å². The molecule has 7 heteroatoms. The lowest BCUT2D eigenvalue weighted by Gasteiger charge is -2.26. The number of aromatic nitrogens is 1. The lowest BCUT2D eigenvalue weighted by atomic mass is 9.95. The zero-order valence-electron chi connectivity index (χ0n) is 15.7. The highest BCUT2D eigenvalue weighted by molar-refractivity contribution is 7.09. The fraction of sp³-hybridized carbons (Fsp3) is 0.136. The van der Waals surface area contributed by atoms with Crippen molar-refractivity contribution in [1.82, 2.24) is 4.98 Å². The molecule has 1 aromatic heterocycles. The van der Waals surface area contributed by atoms with Crippen molar-refractivity contribution in [2.24, 2.45) is 0 Å². The van der Waals surface area contributed by atoms with Gasteiger partial charge in [0.05, 0.1) is 0 Å². The van der Waals surface area contributed by atoms with Crippen molar-refractivity contribution in [2.45, 2.75) is 20.0 Å². The smallest absolute Gasteiger partial charge is 0.308 e. The van der Waals surface area contributed by atoms with E-state index in [-0.39, 0.29) is 11.9 Å². The van der Waals surface area contributed by atoms with Gasteiger partial charge in [-0.15, -0.1) is 11.3 Å². The van der Waals surface area contributed by atoms with Crippen LogP contribution in [0.15, 0.2) is 54.0 Å². The zero-order chi connectivity index (χ0) is 20.4. The summed E-state index contributed by atoms with van der Waals surface area (Å²) in [4.78, 5) is 26.8. The second-order valence-corrected chi connectivity index (χ2v) is 7.31. The Kier molecular flexibility index (Phi) is 5.14. The molecule has 1 aliphatic heterocycles. The second-order valence-electron chi connectivity index (χ2n) is 6.38. The first-order chi connectivity index (χ1) is 14.0. The third kappa shape index (κ3) is 4.20. The minimum atomic E-state index is -0.408. The number of fused-ring (bicyclic) bond motifs is 1. The molecule has 29 heavy (non-hydrogen) atoms. The van der Waals surface area contributed by atoms with Gasteiger partial charge in [0, 0.05) is 42.6 Å². The molecule has 1 unspecified atom stereocenters. The van der Waals surface area contributed by atoms with E-state index in [0.29, 0.717) is 17.2 Å². The van der Waals surface area contributed by atoms with Crippen LogP contribution in [0.4, 0.5) is 0 Å². The van der Waals surface area contributed by atoms with E-state index in [9.17, 15) is 9.59 Å². The number of nitrogens with zero attached hydrogens (tertiary/aromatic N) is 1. The summed E-state index contributed by atoms with van der Waals surface area (Å²) in [5.41, 5.74) is 2.73. The Bertz CT molecular complexity index is 1090. The van der Waals surface area contributed by atoms with Gasteiger partial charge in [0.25, 0.3) is 0 Å². The number of carbonyl (C=O) groups excluding carboxylic acids is 2. The molecular weight excluding hydrogens is 390 g/mol. The lowest BCUT2D eigenvalue weighted by molar-refractivity contribution is -0.132. The van der Waals surface area contributed by atoms with Gasteiger partial charge >= 0.3 is 11.9 Å². The number of esters is 2. The van der Waals surface area contributed by atoms with Gasteiger partial charge in [-0.2, -0.15) is 0 Å². The summed E-state index contributed by atoms with van der Waals surface area (Å²) in [5.74, 6) is 0.772. The van der Waals surface area contributed by atoms with Crippen molar-refractivity contribution >= 4 is 34.9 Å². The van der Waals surface area contributed by atoms with Crippen LogP contribution < -0.4 is 14.2 Å². The van der Waals surface area contributed by atoms with Gasteiger partial charge in [-0.3, -0.25) is 9.59 Å². The molecule has 0 saturated carbocycles. The molecule has 0 fully saturated rings. The molecule has 1 aliphatic rings. The number of hydrogen-bond acceptors (Lipinski definition) is 7. The van der Waals surface area contributed by atoms with Crippen LogP contribution in [0, 0.1) is 0 Å². The summed E-state index contributed by atoms with van der Waals surface area (Å²) < 4.78 is 16.5. The van der Waals surface area contributed by atoms with Crippen molar-refractivity contribution in [3.05, 3.63) is 70.2 Å². The first-order valence-electron chi connectivity index (χ1n) is 8.88. The molecule has 2 heterocycles. The topological polar surface area (TPSA) is 74.7 Å². The number of ether oxygens (including phenoxy) is 3. The van der Waals surface area contributed by atoms with E-state index in [4.69, 9.17) is 14.2 Å². The third-order valence-corrected chi connectivity index (χ3v) is 5.03. The predicted octanol–water partition coefficient (Wildman–Crippen LogP) is 4.67. The average molecular weight is 407 g/mol. The second kappa shape index (κ2) is 7.89. The highest BCUT2D eigenvalue weighted by Gasteiger charge is 2.28. The Morgan fingerprint density at radius 2 is 1.69 bits per heavy atom. The first-order valence-corrected chi connectivity index (χ1v) is 9.76. The minimum absolute atomic E-state index is 0.365. The Labute approximate surface area is 171 Å². The predicted molar refractivity (Wildman–Crippen MR) is 109 cm³/mol. The minimum Gasteiger partial charge on any atom is -0.478 e. The number of carbonyl (C=O) groups is 2. The van der Waals surface area contributed by atoms with E-state index in [0.717, 1.165) is 21.7 Å². The van der Waals surface area contributed by atoms with Gasteiger partial charge in [-0.05, 0) is 35.9 Å². The van der Waals surface area contributed by atoms with E-state index < -0.39 is 6.10 Å². The molecular formula is C22H17NO5S. The summed E-state index contributed by atoms with van der Waals surface area (Å²) >= 11 is 1.50. The summed E-state index contributed by atoms with van der Waals surface area (Å²) in [5, 5.41) is 2.70. The number of rotatable bonds is 4. The van der Waals surface area contributed by atoms with Crippen LogP contribution in [0.5, 0.6) is 17.2 Å². The van der Waals surface area contributed by atoms with Crippen LogP contribution in [0.25, 0.3) is 11.6 Å². The Morgan fingerprint density at radius 1 is 1.00 bits per heavy atom. The van der Waals surface area contributed by atoms with Gasteiger partial charge in [0.15, 0.2) is 6.10 Å². The standard InChI is InChI=1S/C22H17NO5S/c1-13(24)26-17-6-3-15(4-7-17)19-11-16-5-8-18(27-14(2)25)12-20(16)28-21(19)22-23-9-10-29-22/h3-12,21H,1-2H3. The van der Waals surface area contributed by atoms with Gasteiger partial charge in [-0.1, -0.05) is 12.1 Å². The molecule has 0 radical (unpaired) electrons. The number of benzene rings is 2. The summed E-state index contributed by atoms with van der Waals surface area (Å²) in [6.45, 7) is 2.72. The normalized spacial score (nSPS) is 15.0. The van der Waals surface area contributed by atoms with Crippen molar-refractivity contribution in [2.75, 3.05) is 0 Å². The monoisotopic (exact) mass is 407 g/mol. The van der Waals surface area contributed by atoms with E-state index in [2.05, 4.69) is 4.98 Å². The molecule has 0 aliphatic carbocycles. The third-order valence-electron chi connectivity index (χ3n) is 4.21. The van der Waals surface area contributed by atoms with Crippen molar-refractivity contribution < 1.29 is 23.8 Å². The molecule has 0 spiro atoms. The quantitative estimate of drug-likeness (QED) is 0.462. The average Bonchev–Trinajstić information content (AvgIpc) is 3.21. The maximum absolute atomic E-state index is 11.2. The SMILES string of the molecule is CC(=O)Oc1ccc(C2=Cc3ccc(OC(C)=O)cc3OC2c2nccs2)cc1. The number of thiazole rings is 1. The molecule has 0 N–H and O–H groups in total. The Hall–Kier alpha value is -3.45.